The summed E-state index contributed by atoms with van der Waals surface area (Å²) < 4.78 is 0. The molecule has 2 rings (SSSR count). The molecule has 0 fully saturated rings. The molecule has 0 heterocycles. The zero-order chi connectivity index (χ0) is 16.1. The summed E-state index contributed by atoms with van der Waals surface area (Å²) in [7, 11) is 0. The van der Waals surface area contributed by atoms with Crippen LogP contribution >= 0.6 is 0 Å². The van der Waals surface area contributed by atoms with Crippen LogP contribution in [-0.4, -0.2) is 26.9 Å². The van der Waals surface area contributed by atoms with Gasteiger partial charge in [0.15, 0.2) is 23.1 Å². The summed E-state index contributed by atoms with van der Waals surface area (Å²) in [6.45, 7) is 0. The molecular formula is C17H14O5. The average molecular weight is 298 g/mol. The Morgan fingerprint density at radius 2 is 1.64 bits per heavy atom. The van der Waals surface area contributed by atoms with E-state index in [0.29, 0.717) is 5.56 Å². The van der Waals surface area contributed by atoms with Crippen LogP contribution in [0.1, 0.15) is 22.3 Å². The third-order valence-electron chi connectivity index (χ3n) is 3.02. The number of Topliss-reactive ketones (excluding diaryl/α,β-unsaturated/α-hetero) is 1. The zero-order valence-electron chi connectivity index (χ0n) is 11.6. The van der Waals surface area contributed by atoms with Crippen molar-refractivity contribution >= 4 is 17.6 Å². The topological polar surface area (TPSA) is 94.8 Å². The molecule has 0 aliphatic heterocycles. The number of rotatable bonds is 5. The van der Waals surface area contributed by atoms with E-state index in [4.69, 9.17) is 0 Å². The van der Waals surface area contributed by atoms with Gasteiger partial charge in [0, 0.05) is 11.1 Å². The van der Waals surface area contributed by atoms with Gasteiger partial charge in [0.1, 0.15) is 5.75 Å². The van der Waals surface area contributed by atoms with E-state index >= 15 is 0 Å². The molecule has 0 aliphatic carbocycles. The van der Waals surface area contributed by atoms with Crippen LogP contribution in [0.25, 0.3) is 6.08 Å². The summed E-state index contributed by atoms with van der Waals surface area (Å²) in [5.74, 6) is -1.60. The predicted molar refractivity (Wildman–Crippen MR) is 80.9 cm³/mol. The first-order valence-corrected chi connectivity index (χ1v) is 6.51. The molecule has 0 saturated carbocycles. The highest BCUT2D eigenvalue weighted by Gasteiger charge is 2.12. The summed E-state index contributed by atoms with van der Waals surface area (Å²) in [6, 6.07) is 10.1. The maximum absolute atomic E-state index is 11.9. The maximum Gasteiger partial charge on any atom is 0.170 e. The number of allylic oxidation sites excluding steroid dienone is 1. The van der Waals surface area contributed by atoms with Gasteiger partial charge in [0.05, 0.1) is 6.42 Å². The summed E-state index contributed by atoms with van der Waals surface area (Å²) in [5.41, 5.74) is 0.616. The molecule has 112 valence electrons. The van der Waals surface area contributed by atoms with E-state index in [0.717, 1.165) is 6.07 Å². The van der Waals surface area contributed by atoms with Gasteiger partial charge in [-0.1, -0.05) is 18.2 Å². The number of para-hydroxylation sites is 1. The van der Waals surface area contributed by atoms with Gasteiger partial charge in [0.25, 0.3) is 0 Å². The van der Waals surface area contributed by atoms with Crippen molar-refractivity contribution in [1.82, 2.24) is 0 Å². The second kappa shape index (κ2) is 6.58. The van der Waals surface area contributed by atoms with Crippen molar-refractivity contribution in [2.24, 2.45) is 0 Å². The van der Waals surface area contributed by atoms with Gasteiger partial charge in [0.2, 0.25) is 0 Å². The minimum absolute atomic E-state index is 0.0429. The van der Waals surface area contributed by atoms with Crippen LogP contribution in [0.5, 0.6) is 17.2 Å². The number of ketones is 2. The van der Waals surface area contributed by atoms with E-state index in [1.54, 1.807) is 18.2 Å². The number of phenols is 3. The Labute approximate surface area is 126 Å². The second-order valence-electron chi connectivity index (χ2n) is 4.66. The summed E-state index contributed by atoms with van der Waals surface area (Å²) in [4.78, 5) is 23.7. The fourth-order valence-corrected chi connectivity index (χ4v) is 1.83. The molecule has 3 N–H and O–H groups in total. The molecule has 0 radical (unpaired) electrons. The van der Waals surface area contributed by atoms with Crippen LogP contribution < -0.4 is 0 Å². The van der Waals surface area contributed by atoms with Crippen LogP contribution in [0.2, 0.25) is 0 Å². The van der Waals surface area contributed by atoms with E-state index in [2.05, 4.69) is 0 Å². The van der Waals surface area contributed by atoms with Crippen LogP contribution in [0.3, 0.4) is 0 Å². The Hall–Kier alpha value is -3.08. The molecular weight excluding hydrogens is 284 g/mol. The lowest BCUT2D eigenvalue weighted by atomic mass is 10.0. The van der Waals surface area contributed by atoms with Crippen molar-refractivity contribution in [3.63, 3.8) is 0 Å². The average Bonchev–Trinajstić information content (AvgIpc) is 2.49. The van der Waals surface area contributed by atoms with Crippen molar-refractivity contribution in [3.8, 4) is 17.2 Å². The molecule has 0 aliphatic rings. The largest absolute Gasteiger partial charge is 0.507 e. The number of carbonyl (C=O) groups excluding carboxylic acids is 2. The number of phenolic OH excluding ortho intramolecular Hbond substituents is 3. The summed E-state index contributed by atoms with van der Waals surface area (Å²) in [6.07, 6.45) is 2.28. The van der Waals surface area contributed by atoms with Gasteiger partial charge in [-0.15, -0.1) is 0 Å². The van der Waals surface area contributed by atoms with Crippen molar-refractivity contribution in [2.75, 3.05) is 0 Å². The Bertz CT molecular complexity index is 746. The number of benzene rings is 2. The van der Waals surface area contributed by atoms with E-state index in [-0.39, 0.29) is 23.5 Å². The molecule has 5 heteroatoms. The lowest BCUT2D eigenvalue weighted by Crippen LogP contribution is -2.05. The first kappa shape index (κ1) is 15.3. The Kier molecular flexibility index (Phi) is 4.58. The summed E-state index contributed by atoms with van der Waals surface area (Å²) in [5, 5.41) is 28.1. The van der Waals surface area contributed by atoms with Gasteiger partial charge in [-0.25, -0.2) is 0 Å². The highest BCUT2D eigenvalue weighted by molar-refractivity contribution is 6.12. The molecule has 0 saturated heterocycles. The second-order valence-corrected chi connectivity index (χ2v) is 4.66. The Balaban J connectivity index is 2.04. The van der Waals surface area contributed by atoms with E-state index in [1.807, 2.05) is 0 Å². The van der Waals surface area contributed by atoms with Gasteiger partial charge in [-0.2, -0.15) is 0 Å². The SMILES string of the molecule is O=C(/C=C/c1ccccc1O)CC(=O)c1ccc(O)c(O)c1. The van der Waals surface area contributed by atoms with Crippen LogP contribution in [0.4, 0.5) is 0 Å². The molecule has 22 heavy (non-hydrogen) atoms. The minimum Gasteiger partial charge on any atom is -0.507 e. The quantitative estimate of drug-likeness (QED) is 0.341. The molecule has 0 amide bonds. The van der Waals surface area contributed by atoms with Crippen molar-refractivity contribution in [2.45, 2.75) is 6.42 Å². The normalized spacial score (nSPS) is 10.7. The third kappa shape index (κ3) is 3.73. The van der Waals surface area contributed by atoms with Gasteiger partial charge >= 0.3 is 0 Å². The molecule has 5 nitrogen and oxygen atoms in total. The maximum atomic E-state index is 11.9. The third-order valence-corrected chi connectivity index (χ3v) is 3.02. The van der Waals surface area contributed by atoms with E-state index in [1.165, 1.54) is 30.4 Å². The smallest absolute Gasteiger partial charge is 0.170 e. The Morgan fingerprint density at radius 1 is 0.909 bits per heavy atom. The fourth-order valence-electron chi connectivity index (χ4n) is 1.83. The first-order chi connectivity index (χ1) is 10.5. The fraction of sp³-hybridized carbons (Fsp3) is 0.0588. The molecule has 0 atom stereocenters. The molecule has 0 unspecified atom stereocenters. The standard InChI is InChI=1S/C17H14O5/c18-13(7-5-11-3-1-2-4-14(11)19)10-16(21)12-6-8-15(20)17(22)9-12/h1-9,19-20,22H,10H2/b7-5+. The number of aromatic hydroxyl groups is 3. The number of hydrogen-bond donors (Lipinski definition) is 3. The first-order valence-electron chi connectivity index (χ1n) is 6.51. The number of hydrogen-bond acceptors (Lipinski definition) is 5. The molecule has 0 aromatic heterocycles. The number of carbonyl (C=O) groups is 2. The van der Waals surface area contributed by atoms with Gasteiger partial charge in [-0.05, 0) is 36.4 Å². The van der Waals surface area contributed by atoms with Crippen LogP contribution in [-0.2, 0) is 4.79 Å². The lowest BCUT2D eigenvalue weighted by molar-refractivity contribution is -0.113. The van der Waals surface area contributed by atoms with Crippen LogP contribution in [0.15, 0.2) is 48.5 Å². The highest BCUT2D eigenvalue weighted by Crippen LogP contribution is 2.25. The minimum atomic E-state index is -0.470. The van der Waals surface area contributed by atoms with E-state index < -0.39 is 17.3 Å². The van der Waals surface area contributed by atoms with Crippen LogP contribution in [0, 0.1) is 0 Å². The Morgan fingerprint density at radius 3 is 2.32 bits per heavy atom. The van der Waals surface area contributed by atoms with Gasteiger partial charge in [-0.3, -0.25) is 9.59 Å². The highest BCUT2D eigenvalue weighted by atomic mass is 16.3. The van der Waals surface area contributed by atoms with Crippen molar-refractivity contribution < 1.29 is 24.9 Å². The predicted octanol–water partition coefficient (Wildman–Crippen LogP) is 2.66. The van der Waals surface area contributed by atoms with Crippen molar-refractivity contribution in [1.29, 1.82) is 0 Å². The van der Waals surface area contributed by atoms with E-state index in [9.17, 15) is 24.9 Å². The molecule has 2 aromatic carbocycles. The zero-order valence-corrected chi connectivity index (χ0v) is 11.6. The van der Waals surface area contributed by atoms with Gasteiger partial charge < -0.3 is 15.3 Å². The summed E-state index contributed by atoms with van der Waals surface area (Å²) >= 11 is 0. The molecule has 2 aromatic rings. The van der Waals surface area contributed by atoms with Crippen molar-refractivity contribution in [3.05, 3.63) is 59.7 Å². The molecule has 0 spiro atoms. The molecule has 0 bridgehead atoms. The monoisotopic (exact) mass is 298 g/mol. The lowest BCUT2D eigenvalue weighted by Gasteiger charge is -2.01.